The smallest absolute Gasteiger partial charge is 0.292 e. The number of nitro benzene ring substituents is 2. The second kappa shape index (κ2) is 7.38. The van der Waals surface area contributed by atoms with Crippen LogP contribution in [0.4, 0.5) is 17.1 Å². The van der Waals surface area contributed by atoms with E-state index in [1.807, 2.05) is 0 Å². The first-order chi connectivity index (χ1) is 11.4. The number of nitrogens with zero attached hydrogens (tertiary/aromatic N) is 2. The Morgan fingerprint density at radius 3 is 2.46 bits per heavy atom. The van der Waals surface area contributed by atoms with Crippen LogP contribution in [0.1, 0.15) is 0 Å². The number of non-ortho nitro benzene ring substituents is 1. The van der Waals surface area contributed by atoms with Gasteiger partial charge in [0.2, 0.25) is 0 Å². The van der Waals surface area contributed by atoms with Crippen molar-refractivity contribution in [2.45, 2.75) is 0 Å². The number of amides is 1. The van der Waals surface area contributed by atoms with Gasteiger partial charge in [0, 0.05) is 18.2 Å². The third kappa shape index (κ3) is 4.17. The van der Waals surface area contributed by atoms with Gasteiger partial charge in [0.05, 0.1) is 14.9 Å². The highest BCUT2D eigenvalue weighted by Gasteiger charge is 2.16. The predicted octanol–water partition coefficient (Wildman–Crippen LogP) is 3.17. The van der Waals surface area contributed by atoms with E-state index in [-0.39, 0.29) is 27.8 Å². The summed E-state index contributed by atoms with van der Waals surface area (Å²) in [5, 5.41) is 23.8. The quantitative estimate of drug-likeness (QED) is 0.629. The first kappa shape index (κ1) is 17.2. The maximum Gasteiger partial charge on any atom is 0.292 e. The van der Waals surface area contributed by atoms with Crippen LogP contribution < -0.4 is 10.1 Å². The first-order valence-corrected chi connectivity index (χ1v) is 6.86. The van der Waals surface area contributed by atoms with Gasteiger partial charge in [-0.05, 0) is 12.1 Å². The number of benzene rings is 2. The number of anilines is 1. The number of hydrogen-bond acceptors (Lipinski definition) is 6. The molecule has 0 heterocycles. The average Bonchev–Trinajstić information content (AvgIpc) is 2.53. The fourth-order valence-corrected chi connectivity index (χ4v) is 2.02. The molecular formula is C14H10ClN3O6. The number of carbonyl (C=O) groups is 1. The van der Waals surface area contributed by atoms with Gasteiger partial charge in [-0.3, -0.25) is 25.0 Å². The predicted molar refractivity (Wildman–Crippen MR) is 85.3 cm³/mol. The molecule has 0 radical (unpaired) electrons. The van der Waals surface area contributed by atoms with Gasteiger partial charge in [0.25, 0.3) is 17.3 Å². The Bertz CT molecular complexity index is 811. The summed E-state index contributed by atoms with van der Waals surface area (Å²) in [6.45, 7) is -0.469. The average molecular weight is 352 g/mol. The van der Waals surface area contributed by atoms with Crippen LogP contribution in [0.3, 0.4) is 0 Å². The van der Waals surface area contributed by atoms with Crippen LogP contribution in [0.25, 0.3) is 0 Å². The van der Waals surface area contributed by atoms with Gasteiger partial charge in [-0.15, -0.1) is 0 Å². The van der Waals surface area contributed by atoms with E-state index >= 15 is 0 Å². The topological polar surface area (TPSA) is 125 Å². The summed E-state index contributed by atoms with van der Waals surface area (Å²) < 4.78 is 5.17. The molecule has 0 aliphatic heterocycles. The molecule has 2 rings (SSSR count). The molecule has 124 valence electrons. The van der Waals surface area contributed by atoms with Gasteiger partial charge in [-0.2, -0.15) is 0 Å². The molecule has 0 aliphatic carbocycles. The Kier molecular flexibility index (Phi) is 5.27. The number of nitro groups is 2. The van der Waals surface area contributed by atoms with Crippen molar-refractivity contribution < 1.29 is 19.4 Å². The van der Waals surface area contributed by atoms with Gasteiger partial charge >= 0.3 is 0 Å². The van der Waals surface area contributed by atoms with Crippen molar-refractivity contribution in [1.82, 2.24) is 0 Å². The lowest BCUT2D eigenvalue weighted by molar-refractivity contribution is -0.384. The van der Waals surface area contributed by atoms with Crippen LogP contribution in [-0.2, 0) is 4.79 Å². The first-order valence-electron chi connectivity index (χ1n) is 6.48. The van der Waals surface area contributed by atoms with Crippen LogP contribution in [0.5, 0.6) is 5.75 Å². The zero-order valence-corrected chi connectivity index (χ0v) is 12.7. The summed E-state index contributed by atoms with van der Waals surface area (Å²) in [4.78, 5) is 32.1. The molecule has 24 heavy (non-hydrogen) atoms. The second-order valence-electron chi connectivity index (χ2n) is 4.48. The zero-order chi connectivity index (χ0) is 17.7. The van der Waals surface area contributed by atoms with Crippen LogP contribution in [0.2, 0.25) is 5.02 Å². The van der Waals surface area contributed by atoms with Crippen molar-refractivity contribution >= 4 is 34.6 Å². The largest absolute Gasteiger partial charge is 0.482 e. The van der Waals surface area contributed by atoms with Crippen molar-refractivity contribution in [2.75, 3.05) is 11.9 Å². The lowest BCUT2D eigenvalue weighted by Crippen LogP contribution is -2.20. The minimum absolute atomic E-state index is 0.0253. The molecule has 0 saturated carbocycles. The Labute approximate surface area is 140 Å². The van der Waals surface area contributed by atoms with E-state index in [4.69, 9.17) is 16.3 Å². The molecule has 1 N–H and O–H groups in total. The van der Waals surface area contributed by atoms with Gasteiger partial charge in [-0.25, -0.2) is 0 Å². The molecule has 0 bridgehead atoms. The van der Waals surface area contributed by atoms with E-state index in [9.17, 15) is 25.0 Å². The molecule has 0 aliphatic rings. The summed E-state index contributed by atoms with van der Waals surface area (Å²) in [5.41, 5.74) is -0.429. The Hall–Kier alpha value is -3.20. The Morgan fingerprint density at radius 1 is 1.12 bits per heavy atom. The van der Waals surface area contributed by atoms with Crippen molar-refractivity contribution in [3.63, 3.8) is 0 Å². The highest BCUT2D eigenvalue weighted by atomic mass is 35.5. The molecule has 10 heteroatoms. The highest BCUT2D eigenvalue weighted by molar-refractivity contribution is 6.32. The van der Waals surface area contributed by atoms with Gasteiger partial charge < -0.3 is 10.1 Å². The van der Waals surface area contributed by atoms with E-state index < -0.39 is 22.4 Å². The second-order valence-corrected chi connectivity index (χ2v) is 4.89. The third-order valence-corrected chi connectivity index (χ3v) is 3.16. The number of para-hydroxylation sites is 2. The van der Waals surface area contributed by atoms with Crippen molar-refractivity contribution in [1.29, 1.82) is 0 Å². The summed E-state index contributed by atoms with van der Waals surface area (Å²) in [7, 11) is 0. The van der Waals surface area contributed by atoms with E-state index in [1.54, 1.807) is 0 Å². The molecule has 2 aromatic rings. The molecule has 0 spiro atoms. The standard InChI is InChI=1S/C14H10ClN3O6/c15-10-7-9(17(20)21)5-6-13(10)24-8-14(19)16-11-3-1-2-4-12(11)18(22)23/h1-7H,8H2,(H,16,19). The maximum absolute atomic E-state index is 11.8. The number of ether oxygens (including phenoxy) is 1. The summed E-state index contributed by atoms with van der Waals surface area (Å²) in [6, 6.07) is 9.19. The highest BCUT2D eigenvalue weighted by Crippen LogP contribution is 2.28. The number of halogens is 1. The molecule has 9 nitrogen and oxygen atoms in total. The number of nitrogens with one attached hydrogen (secondary N) is 1. The zero-order valence-electron chi connectivity index (χ0n) is 12.0. The van der Waals surface area contributed by atoms with Gasteiger partial charge in [-0.1, -0.05) is 23.7 Å². The molecule has 0 aromatic heterocycles. The molecule has 0 atom stereocenters. The number of carbonyl (C=O) groups excluding carboxylic acids is 1. The lowest BCUT2D eigenvalue weighted by atomic mass is 10.2. The van der Waals surface area contributed by atoms with E-state index in [2.05, 4.69) is 5.32 Å². The summed E-state index contributed by atoms with van der Waals surface area (Å²) in [5.74, 6) is -0.557. The lowest BCUT2D eigenvalue weighted by Gasteiger charge is -2.09. The summed E-state index contributed by atoms with van der Waals surface area (Å²) >= 11 is 5.83. The van der Waals surface area contributed by atoms with Crippen LogP contribution in [-0.4, -0.2) is 22.4 Å². The normalized spacial score (nSPS) is 10.0. The molecule has 1 amide bonds. The van der Waals surface area contributed by atoms with Crippen LogP contribution in [0.15, 0.2) is 42.5 Å². The van der Waals surface area contributed by atoms with Crippen LogP contribution in [0, 0.1) is 20.2 Å². The Morgan fingerprint density at radius 2 is 1.83 bits per heavy atom. The number of hydrogen-bond donors (Lipinski definition) is 1. The monoisotopic (exact) mass is 351 g/mol. The minimum Gasteiger partial charge on any atom is -0.482 e. The molecule has 2 aromatic carbocycles. The Balaban J connectivity index is 2.02. The molecule has 0 unspecified atom stereocenters. The molecular weight excluding hydrogens is 342 g/mol. The number of rotatable bonds is 6. The SMILES string of the molecule is O=C(COc1ccc([N+](=O)[O-])cc1Cl)Nc1ccccc1[N+](=O)[O-]. The van der Waals surface area contributed by atoms with E-state index in [0.29, 0.717) is 0 Å². The van der Waals surface area contributed by atoms with Gasteiger partial charge in [0.15, 0.2) is 6.61 Å². The fourth-order valence-electron chi connectivity index (χ4n) is 1.79. The minimum atomic E-state index is -0.640. The fraction of sp³-hybridized carbons (Fsp3) is 0.0714. The van der Waals surface area contributed by atoms with Crippen molar-refractivity contribution in [3.8, 4) is 5.75 Å². The van der Waals surface area contributed by atoms with Crippen molar-refractivity contribution in [2.24, 2.45) is 0 Å². The molecule has 0 fully saturated rings. The van der Waals surface area contributed by atoms with Crippen molar-refractivity contribution in [3.05, 3.63) is 67.7 Å². The van der Waals surface area contributed by atoms with E-state index in [0.717, 1.165) is 6.07 Å². The molecule has 0 saturated heterocycles. The van der Waals surface area contributed by atoms with Gasteiger partial charge in [0.1, 0.15) is 11.4 Å². The van der Waals surface area contributed by atoms with Crippen LogP contribution >= 0.6 is 11.6 Å². The third-order valence-electron chi connectivity index (χ3n) is 2.86. The maximum atomic E-state index is 11.8. The van der Waals surface area contributed by atoms with E-state index in [1.165, 1.54) is 36.4 Å². The summed E-state index contributed by atoms with van der Waals surface area (Å²) in [6.07, 6.45) is 0.